The molecule has 0 aliphatic heterocycles. The van der Waals surface area contributed by atoms with Crippen LogP contribution >= 0.6 is 0 Å². The fourth-order valence-corrected chi connectivity index (χ4v) is 3.29. The van der Waals surface area contributed by atoms with Crippen molar-refractivity contribution in [2.75, 3.05) is 0 Å². The minimum absolute atomic E-state index is 0. The molecule has 0 heterocycles. The molecule has 0 unspecified atom stereocenters. The van der Waals surface area contributed by atoms with Gasteiger partial charge in [-0.1, -0.05) is 0 Å². The van der Waals surface area contributed by atoms with E-state index in [0.717, 1.165) is 0 Å². The van der Waals surface area contributed by atoms with Crippen molar-refractivity contribution >= 4 is 0 Å². The van der Waals surface area contributed by atoms with Crippen molar-refractivity contribution < 1.29 is 98.5 Å². The third-order valence-electron chi connectivity index (χ3n) is 5.04. The maximum Gasteiger partial charge on any atom is 2.00 e. The largest absolute Gasteiger partial charge is 2.00 e. The quantitative estimate of drug-likeness (QED) is 0.124. The molecule has 37 heavy (non-hydrogen) atoms. The van der Waals surface area contributed by atoms with Crippen LogP contribution in [-0.2, 0) is 43.2 Å². The van der Waals surface area contributed by atoms with Crippen molar-refractivity contribution in [2.24, 2.45) is 0 Å². The normalized spacial score (nSPS) is 22.3. The molecule has 0 N–H and O–H groups in total. The molecule has 0 atom stereocenters. The van der Waals surface area contributed by atoms with Gasteiger partial charge in [-0.05, 0) is 22.3 Å². The molecule has 19 heteroatoms. The number of halogens is 18. The van der Waals surface area contributed by atoms with Gasteiger partial charge in [0.2, 0.25) is 0 Å². The second kappa shape index (κ2) is 8.40. The first kappa shape index (κ1) is 31.0. The average molecular weight is 624 g/mol. The average Bonchev–Trinajstić information content (AvgIpc) is 2.90. The fourth-order valence-electron chi connectivity index (χ4n) is 3.29. The predicted octanol–water partition coefficient (Wildman–Crippen LogP) is 7.47. The van der Waals surface area contributed by atoms with E-state index in [-0.39, 0.29) is 19.5 Å². The zero-order valence-electron chi connectivity index (χ0n) is 16.5. The minimum atomic E-state index is -6.06. The van der Waals surface area contributed by atoms with Crippen molar-refractivity contribution in [1.82, 2.24) is 0 Å². The van der Waals surface area contributed by atoms with Crippen LogP contribution < -0.4 is 0 Å². The topological polar surface area (TPSA) is 0 Å². The molecule has 0 spiro atoms. The van der Waals surface area contributed by atoms with E-state index >= 15 is 0 Å². The van der Waals surface area contributed by atoms with E-state index in [4.69, 9.17) is 0 Å². The van der Waals surface area contributed by atoms with Crippen LogP contribution in [0.3, 0.4) is 0 Å². The zero-order valence-corrected chi connectivity index (χ0v) is 19.5. The molecule has 2 aliphatic rings. The zero-order chi connectivity index (χ0) is 28.2. The van der Waals surface area contributed by atoms with Crippen LogP contribution in [0.15, 0.2) is 0 Å². The molecule has 0 bridgehead atoms. The van der Waals surface area contributed by atoms with Crippen LogP contribution in [0.2, 0.25) is 0 Å². The summed E-state index contributed by atoms with van der Waals surface area (Å²) in [6.45, 7) is 0. The van der Waals surface area contributed by atoms with E-state index in [1.165, 1.54) is 0 Å². The molecular weight excluding hydrogens is 624 g/mol. The van der Waals surface area contributed by atoms with Gasteiger partial charge in [-0.3, -0.25) is 8.78 Å². The van der Waals surface area contributed by atoms with Crippen LogP contribution in [0, 0.1) is 47.0 Å². The molecule has 0 saturated heterocycles. The second-order valence-electron chi connectivity index (χ2n) is 7.08. The summed E-state index contributed by atoms with van der Waals surface area (Å²) in [4.78, 5) is 0. The van der Waals surface area contributed by atoms with Gasteiger partial charge in [0.1, 0.15) is 0 Å². The smallest absolute Gasteiger partial charge is 0.281 e. The fraction of sp³-hybridized carbons (Fsp3) is 0.333. The Hall–Kier alpha value is -2.20. The molecular formula is C18F18Zn. The molecule has 2 aliphatic carbocycles. The molecule has 0 radical (unpaired) electrons. The molecule has 0 saturated carbocycles. The Labute approximate surface area is 204 Å². The van der Waals surface area contributed by atoms with Gasteiger partial charge in [-0.25, -0.2) is 35.1 Å². The summed E-state index contributed by atoms with van der Waals surface area (Å²) in [5.41, 5.74) is -10.5. The van der Waals surface area contributed by atoms with E-state index in [0.29, 0.717) is 12.1 Å². The molecule has 0 fully saturated rings. The first-order chi connectivity index (χ1) is 15.9. The Kier molecular flexibility index (Phi) is 7.04. The molecule has 0 aromatic heterocycles. The summed E-state index contributed by atoms with van der Waals surface area (Å²) >= 11 is 0. The Bertz CT molecular complexity index is 1170. The SMILES string of the molecule is Fc1[c-]c(F)c2c(c1F)C(F)(F)C(F)(F)C2(F)F.Fc1[c-]c(F)c2c(c1F)C(F)(F)C(F)(F)C2(F)F.[Zn+2]. The molecule has 4 rings (SSSR count). The first-order valence-electron chi connectivity index (χ1n) is 8.40. The number of hydrogen-bond acceptors (Lipinski definition) is 0. The van der Waals surface area contributed by atoms with Crippen molar-refractivity contribution in [3.8, 4) is 0 Å². The number of fused-ring (bicyclic) bond motifs is 2. The molecule has 2 aromatic rings. The number of alkyl halides is 12. The number of benzene rings is 2. The Balaban J connectivity index is 0.000000253. The molecule has 0 nitrogen and oxygen atoms in total. The third-order valence-corrected chi connectivity index (χ3v) is 5.04. The Morgan fingerprint density at radius 3 is 0.811 bits per heavy atom. The van der Waals surface area contributed by atoms with Gasteiger partial charge in [0.15, 0.2) is 0 Å². The second-order valence-corrected chi connectivity index (χ2v) is 7.08. The van der Waals surface area contributed by atoms with Crippen molar-refractivity contribution in [1.29, 1.82) is 0 Å². The molecule has 0 amide bonds. The molecule has 2 aromatic carbocycles. The summed E-state index contributed by atoms with van der Waals surface area (Å²) < 4.78 is 232. The maximum absolute atomic E-state index is 13.0. The third kappa shape index (κ3) is 3.57. The van der Waals surface area contributed by atoms with E-state index in [9.17, 15) is 79.0 Å². The van der Waals surface area contributed by atoms with Crippen molar-refractivity contribution in [3.63, 3.8) is 0 Å². The van der Waals surface area contributed by atoms with Gasteiger partial charge in [-0.15, -0.1) is 12.1 Å². The summed E-state index contributed by atoms with van der Waals surface area (Å²) in [5, 5.41) is 0. The van der Waals surface area contributed by atoms with Gasteiger partial charge in [-0.2, -0.15) is 35.1 Å². The van der Waals surface area contributed by atoms with Crippen LogP contribution in [0.1, 0.15) is 22.3 Å². The summed E-state index contributed by atoms with van der Waals surface area (Å²) in [7, 11) is 0. The summed E-state index contributed by atoms with van der Waals surface area (Å²) in [6.07, 6.45) is 0. The van der Waals surface area contributed by atoms with Crippen LogP contribution in [0.25, 0.3) is 0 Å². The van der Waals surface area contributed by atoms with Crippen LogP contribution in [-0.4, -0.2) is 11.8 Å². The summed E-state index contributed by atoms with van der Waals surface area (Å²) in [6, 6.07) is 1.43. The Morgan fingerprint density at radius 2 is 0.568 bits per heavy atom. The Morgan fingerprint density at radius 1 is 0.351 bits per heavy atom. The van der Waals surface area contributed by atoms with Gasteiger partial charge in [0.05, 0.1) is 11.6 Å². The monoisotopic (exact) mass is 622 g/mol. The number of hydrogen-bond donors (Lipinski definition) is 0. The first-order valence-corrected chi connectivity index (χ1v) is 8.40. The summed E-state index contributed by atoms with van der Waals surface area (Å²) in [5.74, 6) is -50.0. The predicted molar refractivity (Wildman–Crippen MR) is 75.8 cm³/mol. The standard InChI is InChI=1S/2C9F9.Zn/c2*10-2-1-3(11)6(12)5-4(2)7(13,14)9(17,18)8(5,15)16;/q2*-1;+2. The van der Waals surface area contributed by atoms with Gasteiger partial charge in [0, 0.05) is 23.3 Å². The van der Waals surface area contributed by atoms with E-state index in [2.05, 4.69) is 0 Å². The molecule has 200 valence electrons. The van der Waals surface area contributed by atoms with E-state index in [1.54, 1.807) is 0 Å². The maximum atomic E-state index is 13.0. The van der Waals surface area contributed by atoms with E-state index < -0.39 is 92.7 Å². The van der Waals surface area contributed by atoms with Gasteiger partial charge >= 0.3 is 55.0 Å². The van der Waals surface area contributed by atoms with Gasteiger partial charge < -0.3 is 0 Å². The van der Waals surface area contributed by atoms with Gasteiger partial charge in [0.25, 0.3) is 0 Å². The van der Waals surface area contributed by atoms with Crippen LogP contribution in [0.4, 0.5) is 79.0 Å². The number of rotatable bonds is 0. The minimum Gasteiger partial charge on any atom is -0.281 e. The van der Waals surface area contributed by atoms with Crippen molar-refractivity contribution in [3.05, 3.63) is 69.3 Å². The van der Waals surface area contributed by atoms with Crippen LogP contribution in [0.5, 0.6) is 0 Å². The van der Waals surface area contributed by atoms with E-state index in [1.807, 2.05) is 0 Å². The van der Waals surface area contributed by atoms with Crippen molar-refractivity contribution in [2.45, 2.75) is 35.5 Å².